The normalized spacial score (nSPS) is 20.8. The number of Topliss-reactive ketones (excluding diaryl/α,β-unsaturated/α-hetero) is 1. The third-order valence-corrected chi connectivity index (χ3v) is 18.7. The predicted octanol–water partition coefficient (Wildman–Crippen LogP) is 8.71. The lowest BCUT2D eigenvalue weighted by Gasteiger charge is -2.28. The van der Waals surface area contributed by atoms with Gasteiger partial charge in [0.1, 0.15) is 40.0 Å². The summed E-state index contributed by atoms with van der Waals surface area (Å²) in [4.78, 5) is 19.3. The van der Waals surface area contributed by atoms with Gasteiger partial charge in [0.05, 0.1) is 57.4 Å². The number of ketones is 1. The maximum atomic E-state index is 15.6. The molecule has 4 aliphatic carbocycles. The zero-order chi connectivity index (χ0) is 46.8. The first-order chi connectivity index (χ1) is 31.1. The van der Waals surface area contributed by atoms with E-state index in [4.69, 9.17) is 26.4 Å². The number of ether oxygens (including phenoxy) is 1. The summed E-state index contributed by atoms with van der Waals surface area (Å²) in [6, 6.07) is 8.83. The number of carbonyl (C=O) groups is 1. The zero-order valence-corrected chi connectivity index (χ0v) is 37.9. The minimum Gasteiger partial charge on any atom is -0.377 e. The van der Waals surface area contributed by atoms with Crippen LogP contribution in [0.2, 0.25) is 5.02 Å². The number of alkyl halides is 4. The Morgan fingerprint density at radius 2 is 1.64 bits per heavy atom. The standard InChI is InChI=1S/C46H42ClF6N5O6S2/c1-45(2,66(62,63)31-6-7-31)12-11-27-3-8-32(33-9-10-36(47)39-37(22-65(60,61)30-4-5-30)55-58(42(33)39)28-20-64-21-28)40(54-27)24(13-23-14-25(48)17-26(49)15-23)16-29(59)19-57-43-38(41(56-57)44(50)51)34-18-35(34)46(43,52)53/h3,8-10,14-15,17,24,28,30-31,34-35,44H,4-7,13,16,18-22H2,1-2H3/t24-,34+,35-/m1/s1. The Morgan fingerprint density at radius 3 is 2.27 bits per heavy atom. The van der Waals surface area contributed by atoms with E-state index in [9.17, 15) is 39.2 Å². The lowest BCUT2D eigenvalue weighted by Crippen LogP contribution is -2.33. The summed E-state index contributed by atoms with van der Waals surface area (Å²) in [5.74, 6) is -3.86. The predicted molar refractivity (Wildman–Crippen MR) is 231 cm³/mol. The number of sulfone groups is 2. The Bertz CT molecular complexity index is 3130. The first-order valence-electron chi connectivity index (χ1n) is 21.6. The molecule has 0 spiro atoms. The molecular weight excluding hydrogens is 932 g/mol. The molecule has 0 amide bonds. The highest BCUT2D eigenvalue weighted by molar-refractivity contribution is 7.93. The summed E-state index contributed by atoms with van der Waals surface area (Å²) < 4.78 is 149. The molecule has 5 aliphatic rings. The Balaban J connectivity index is 1.14. The second kappa shape index (κ2) is 15.9. The molecule has 3 aromatic heterocycles. The van der Waals surface area contributed by atoms with Crippen LogP contribution in [-0.2, 0) is 53.8 Å². The summed E-state index contributed by atoms with van der Waals surface area (Å²) in [6.07, 6.45) is -1.88. The Hall–Kier alpha value is -4.77. The molecule has 11 nitrogen and oxygen atoms in total. The van der Waals surface area contributed by atoms with Gasteiger partial charge in [-0.05, 0) is 100 Å². The lowest BCUT2D eigenvalue weighted by atomic mass is 9.86. The fourth-order valence-electron chi connectivity index (χ4n) is 9.52. The van der Waals surface area contributed by atoms with Gasteiger partial charge >= 0.3 is 0 Å². The number of aromatic nitrogens is 5. The van der Waals surface area contributed by atoms with E-state index in [-0.39, 0.29) is 65.3 Å². The number of fused-ring (bicyclic) bond motifs is 4. The number of carbonyl (C=O) groups excluding carboxylic acids is 1. The van der Waals surface area contributed by atoms with Crippen LogP contribution in [0.5, 0.6) is 0 Å². The average molecular weight is 974 g/mol. The van der Waals surface area contributed by atoms with Crippen molar-refractivity contribution >= 4 is 48.0 Å². The quantitative estimate of drug-likeness (QED) is 0.0744. The Labute approximate surface area is 381 Å². The van der Waals surface area contributed by atoms with Gasteiger partial charge in [-0.15, -0.1) is 0 Å². The van der Waals surface area contributed by atoms with Crippen molar-refractivity contribution in [1.82, 2.24) is 24.5 Å². The third-order valence-electron chi connectivity index (χ3n) is 13.3. The molecule has 3 saturated carbocycles. The largest absolute Gasteiger partial charge is 0.377 e. The second-order valence-corrected chi connectivity index (χ2v) is 24.1. The number of nitrogens with zero attached hydrogens (tertiary/aromatic N) is 5. The van der Waals surface area contributed by atoms with Crippen LogP contribution in [0.3, 0.4) is 0 Å². The topological polar surface area (TPSA) is 143 Å². The highest BCUT2D eigenvalue weighted by atomic mass is 35.5. The third kappa shape index (κ3) is 7.92. The van der Waals surface area contributed by atoms with E-state index in [1.807, 2.05) is 0 Å². The van der Waals surface area contributed by atoms with Crippen molar-refractivity contribution in [1.29, 1.82) is 0 Å². The molecule has 0 N–H and O–H groups in total. The molecule has 5 aromatic rings. The fourth-order valence-corrected chi connectivity index (χ4v) is 13.2. The molecule has 10 rings (SSSR count). The van der Waals surface area contributed by atoms with Crippen LogP contribution in [0.15, 0.2) is 42.5 Å². The molecule has 0 radical (unpaired) electrons. The molecule has 3 atom stereocenters. The van der Waals surface area contributed by atoms with Crippen molar-refractivity contribution in [3.05, 3.63) is 98.7 Å². The number of pyridine rings is 1. The molecule has 66 heavy (non-hydrogen) atoms. The van der Waals surface area contributed by atoms with Crippen molar-refractivity contribution in [2.24, 2.45) is 5.92 Å². The van der Waals surface area contributed by atoms with Gasteiger partial charge in [-0.2, -0.15) is 19.0 Å². The van der Waals surface area contributed by atoms with E-state index in [1.165, 1.54) is 19.9 Å². The van der Waals surface area contributed by atoms with Crippen molar-refractivity contribution in [2.75, 3.05) is 13.2 Å². The molecule has 4 heterocycles. The van der Waals surface area contributed by atoms with Gasteiger partial charge < -0.3 is 4.74 Å². The first kappa shape index (κ1) is 45.0. The highest BCUT2D eigenvalue weighted by Gasteiger charge is 2.67. The van der Waals surface area contributed by atoms with Gasteiger partial charge in [-0.25, -0.2) is 39.4 Å². The van der Waals surface area contributed by atoms with E-state index in [2.05, 4.69) is 16.9 Å². The molecule has 0 bridgehead atoms. The average Bonchev–Trinajstić information content (AvgIpc) is 4.10. The van der Waals surface area contributed by atoms with Crippen LogP contribution in [-0.4, -0.2) is 75.6 Å². The molecule has 4 fully saturated rings. The van der Waals surface area contributed by atoms with E-state index in [1.54, 1.807) is 22.9 Å². The van der Waals surface area contributed by atoms with Crippen LogP contribution in [0.4, 0.5) is 26.3 Å². The van der Waals surface area contributed by atoms with Crippen molar-refractivity contribution < 1.29 is 52.7 Å². The van der Waals surface area contributed by atoms with Crippen molar-refractivity contribution in [2.45, 2.75) is 117 Å². The molecule has 1 saturated heterocycles. The number of benzene rings is 2. The van der Waals surface area contributed by atoms with E-state index >= 15 is 8.78 Å². The van der Waals surface area contributed by atoms with Crippen LogP contribution < -0.4 is 0 Å². The van der Waals surface area contributed by atoms with Crippen LogP contribution in [0, 0.1) is 29.4 Å². The second-order valence-electron chi connectivity index (χ2n) is 18.6. The Kier molecular flexibility index (Phi) is 10.9. The Morgan fingerprint density at radius 1 is 0.955 bits per heavy atom. The summed E-state index contributed by atoms with van der Waals surface area (Å²) in [7, 11) is -7.29. The van der Waals surface area contributed by atoms with E-state index < -0.39 is 113 Å². The summed E-state index contributed by atoms with van der Waals surface area (Å²) >= 11 is 6.89. The minimum atomic E-state index is -3.68. The van der Waals surface area contributed by atoms with Gasteiger partial charge in [-0.3, -0.25) is 14.2 Å². The number of hydrogen-bond acceptors (Lipinski definition) is 9. The summed E-state index contributed by atoms with van der Waals surface area (Å²) in [6.45, 7) is 2.61. The first-order valence-corrected chi connectivity index (χ1v) is 25.3. The monoisotopic (exact) mass is 973 g/mol. The molecule has 2 aromatic carbocycles. The number of rotatable bonds is 15. The SMILES string of the molecule is CC(C)(C#Cc1ccc(-c2ccc(Cl)c3c(CS(=O)(=O)C4CC4)nn(C4COC4)c23)c([C@@H](CC(=O)Cn2nc(C(F)F)c3c2C(F)(F)[C@@H]2C[C@H]32)Cc2cc(F)cc(F)c2)n1)S(=O)(=O)C1CC1. The van der Waals surface area contributed by atoms with E-state index in [0.29, 0.717) is 58.5 Å². The van der Waals surface area contributed by atoms with Gasteiger partial charge in [0, 0.05) is 46.4 Å². The zero-order valence-electron chi connectivity index (χ0n) is 35.5. The smallest absolute Gasteiger partial charge is 0.293 e. The van der Waals surface area contributed by atoms with Gasteiger partial charge in [0.15, 0.2) is 25.5 Å². The summed E-state index contributed by atoms with van der Waals surface area (Å²) in [5, 5.41) is 8.13. The van der Waals surface area contributed by atoms with Crippen molar-refractivity contribution in [3.8, 4) is 23.0 Å². The number of halogens is 7. The number of hydrogen-bond donors (Lipinski definition) is 0. The molecular formula is C46H42ClF6N5O6S2. The van der Waals surface area contributed by atoms with E-state index in [0.717, 1.165) is 12.1 Å². The molecule has 20 heteroatoms. The van der Waals surface area contributed by atoms with Crippen molar-refractivity contribution in [3.63, 3.8) is 0 Å². The maximum absolute atomic E-state index is 15.6. The minimum absolute atomic E-state index is 0.0193. The van der Waals surface area contributed by atoms with Crippen LogP contribution in [0.1, 0.15) is 116 Å². The summed E-state index contributed by atoms with van der Waals surface area (Å²) in [5.41, 5.74) is -0.170. The maximum Gasteiger partial charge on any atom is 0.293 e. The molecule has 348 valence electrons. The van der Waals surface area contributed by atoms with Crippen LogP contribution >= 0.6 is 11.6 Å². The van der Waals surface area contributed by atoms with Gasteiger partial charge in [-0.1, -0.05) is 23.6 Å². The highest BCUT2D eigenvalue weighted by Crippen LogP contribution is 2.68. The fraction of sp³-hybridized carbons (Fsp3) is 0.478. The molecule has 1 aliphatic heterocycles. The van der Waals surface area contributed by atoms with Gasteiger partial charge in [0.25, 0.3) is 12.3 Å². The van der Waals surface area contributed by atoms with Gasteiger partial charge in [0.2, 0.25) is 0 Å². The molecule has 0 unspecified atom stereocenters. The lowest BCUT2D eigenvalue weighted by molar-refractivity contribution is -0.120. The van der Waals surface area contributed by atoms with Crippen LogP contribution in [0.25, 0.3) is 22.0 Å².